The Morgan fingerprint density at radius 2 is 1.89 bits per heavy atom. The van der Waals surface area contributed by atoms with E-state index in [4.69, 9.17) is 4.42 Å². The minimum absolute atomic E-state index is 0.0693. The van der Waals surface area contributed by atoms with E-state index < -0.39 is 0 Å². The molecule has 0 saturated carbocycles. The first-order valence-corrected chi connectivity index (χ1v) is 10.3. The van der Waals surface area contributed by atoms with Crippen molar-refractivity contribution in [1.29, 1.82) is 0 Å². The molecular formula is C21H26N4O2S. The van der Waals surface area contributed by atoms with Gasteiger partial charge in [0, 0.05) is 12.2 Å². The van der Waals surface area contributed by atoms with Crippen molar-refractivity contribution in [2.24, 2.45) is 0 Å². The third-order valence-corrected chi connectivity index (χ3v) is 5.47. The van der Waals surface area contributed by atoms with Crippen molar-refractivity contribution in [2.75, 3.05) is 11.1 Å². The highest BCUT2D eigenvalue weighted by Crippen LogP contribution is 2.27. The lowest BCUT2D eigenvalue weighted by atomic mass is 9.87. The minimum Gasteiger partial charge on any atom is -0.469 e. The Hall–Kier alpha value is -2.54. The molecule has 1 aromatic carbocycles. The molecule has 0 aliphatic carbocycles. The van der Waals surface area contributed by atoms with Gasteiger partial charge in [-0.25, -0.2) is 0 Å². The van der Waals surface area contributed by atoms with Gasteiger partial charge < -0.3 is 14.3 Å². The van der Waals surface area contributed by atoms with Gasteiger partial charge in [0.1, 0.15) is 5.76 Å². The molecule has 0 radical (unpaired) electrons. The van der Waals surface area contributed by atoms with Crippen LogP contribution in [0.1, 0.15) is 39.0 Å². The largest absolute Gasteiger partial charge is 0.469 e. The highest BCUT2D eigenvalue weighted by Gasteiger charge is 2.17. The highest BCUT2D eigenvalue weighted by atomic mass is 32.2. The zero-order valence-corrected chi connectivity index (χ0v) is 17.8. The molecule has 0 bridgehead atoms. The van der Waals surface area contributed by atoms with Crippen LogP contribution in [0.25, 0.3) is 11.4 Å². The number of aryl methyl sites for hydroxylation is 1. The van der Waals surface area contributed by atoms with Gasteiger partial charge in [0.05, 0.1) is 17.6 Å². The van der Waals surface area contributed by atoms with Crippen LogP contribution >= 0.6 is 11.8 Å². The van der Waals surface area contributed by atoms with E-state index in [2.05, 4.69) is 48.4 Å². The number of anilines is 1. The minimum atomic E-state index is -0.0693. The van der Waals surface area contributed by atoms with E-state index in [-0.39, 0.29) is 17.1 Å². The number of carbonyl (C=O) groups excluding carboxylic acids is 1. The molecule has 2 heterocycles. The summed E-state index contributed by atoms with van der Waals surface area (Å²) in [5.74, 6) is 1.76. The second-order valence-electron chi connectivity index (χ2n) is 7.61. The maximum atomic E-state index is 12.4. The summed E-state index contributed by atoms with van der Waals surface area (Å²) >= 11 is 1.38. The fourth-order valence-corrected chi connectivity index (χ4v) is 3.68. The summed E-state index contributed by atoms with van der Waals surface area (Å²) in [6.07, 6.45) is 1.64. The fraction of sp³-hybridized carbons (Fsp3) is 0.381. The van der Waals surface area contributed by atoms with E-state index in [9.17, 15) is 4.79 Å². The molecule has 3 aromatic rings. The van der Waals surface area contributed by atoms with Crippen molar-refractivity contribution < 1.29 is 9.21 Å². The van der Waals surface area contributed by atoms with Crippen LogP contribution in [-0.2, 0) is 16.8 Å². The maximum absolute atomic E-state index is 12.4. The Balaban J connectivity index is 1.63. The molecule has 0 aliphatic rings. The summed E-state index contributed by atoms with van der Waals surface area (Å²) < 4.78 is 7.36. The van der Waals surface area contributed by atoms with Crippen molar-refractivity contribution in [1.82, 2.24) is 14.8 Å². The maximum Gasteiger partial charge on any atom is 0.234 e. The number of carbonyl (C=O) groups is 1. The van der Waals surface area contributed by atoms with E-state index in [0.29, 0.717) is 6.54 Å². The SMILES string of the molecule is CCn1c(SCC(=O)Nc2ccc(C(C)(C)C)cc2)nnc1-c1ccoc1C. The van der Waals surface area contributed by atoms with Crippen LogP contribution in [0.5, 0.6) is 0 Å². The monoisotopic (exact) mass is 398 g/mol. The predicted octanol–water partition coefficient (Wildman–Crippen LogP) is 4.89. The number of hydrogen-bond donors (Lipinski definition) is 1. The third kappa shape index (κ3) is 4.47. The summed E-state index contributed by atoms with van der Waals surface area (Å²) in [5, 5.41) is 12.2. The van der Waals surface area contributed by atoms with Gasteiger partial charge >= 0.3 is 0 Å². The van der Waals surface area contributed by atoms with Crippen molar-refractivity contribution in [3.63, 3.8) is 0 Å². The Morgan fingerprint density at radius 1 is 1.18 bits per heavy atom. The molecule has 28 heavy (non-hydrogen) atoms. The molecule has 0 saturated heterocycles. The van der Waals surface area contributed by atoms with Crippen LogP contribution in [0.2, 0.25) is 0 Å². The number of rotatable bonds is 6. The number of benzene rings is 1. The van der Waals surface area contributed by atoms with Gasteiger partial charge in [-0.2, -0.15) is 0 Å². The van der Waals surface area contributed by atoms with Crippen LogP contribution in [0.3, 0.4) is 0 Å². The van der Waals surface area contributed by atoms with Gasteiger partial charge in [0.2, 0.25) is 5.91 Å². The van der Waals surface area contributed by atoms with E-state index in [1.807, 2.05) is 36.6 Å². The van der Waals surface area contributed by atoms with Crippen molar-refractivity contribution in [3.05, 3.63) is 47.9 Å². The number of nitrogens with one attached hydrogen (secondary N) is 1. The number of hydrogen-bond acceptors (Lipinski definition) is 5. The molecule has 6 nitrogen and oxygen atoms in total. The summed E-state index contributed by atoms with van der Waals surface area (Å²) in [5.41, 5.74) is 3.04. The van der Waals surface area contributed by atoms with Crippen LogP contribution in [-0.4, -0.2) is 26.4 Å². The number of thioether (sulfide) groups is 1. The lowest BCUT2D eigenvalue weighted by Gasteiger charge is -2.19. The van der Waals surface area contributed by atoms with Crippen LogP contribution in [0, 0.1) is 6.92 Å². The molecule has 0 fully saturated rings. The molecule has 0 spiro atoms. The second-order valence-corrected chi connectivity index (χ2v) is 8.55. The highest BCUT2D eigenvalue weighted by molar-refractivity contribution is 7.99. The summed E-state index contributed by atoms with van der Waals surface area (Å²) in [7, 11) is 0. The zero-order valence-electron chi connectivity index (χ0n) is 16.9. The number of nitrogens with zero attached hydrogens (tertiary/aromatic N) is 3. The van der Waals surface area contributed by atoms with Gasteiger partial charge in [-0.1, -0.05) is 44.7 Å². The Labute approximate surface area is 169 Å². The molecule has 0 aliphatic heterocycles. The molecular weight excluding hydrogens is 372 g/mol. The Morgan fingerprint density at radius 3 is 2.46 bits per heavy atom. The zero-order chi connectivity index (χ0) is 20.3. The number of furan rings is 1. The van der Waals surface area contributed by atoms with Gasteiger partial charge in [-0.15, -0.1) is 10.2 Å². The molecule has 1 N–H and O–H groups in total. The predicted molar refractivity (Wildman–Crippen MR) is 113 cm³/mol. The van der Waals surface area contributed by atoms with Crippen LogP contribution < -0.4 is 5.32 Å². The average Bonchev–Trinajstić information content (AvgIpc) is 3.24. The topological polar surface area (TPSA) is 73.0 Å². The van der Waals surface area contributed by atoms with Gasteiger partial charge in [-0.3, -0.25) is 4.79 Å². The van der Waals surface area contributed by atoms with E-state index in [1.165, 1.54) is 17.3 Å². The number of amides is 1. The first-order valence-electron chi connectivity index (χ1n) is 9.30. The van der Waals surface area contributed by atoms with Crippen LogP contribution in [0.15, 0.2) is 46.2 Å². The molecule has 0 atom stereocenters. The van der Waals surface area contributed by atoms with Crippen LogP contribution in [0.4, 0.5) is 5.69 Å². The fourth-order valence-electron chi connectivity index (χ4n) is 2.88. The number of aromatic nitrogens is 3. The van der Waals surface area contributed by atoms with Crippen molar-refractivity contribution in [2.45, 2.75) is 51.7 Å². The lowest BCUT2D eigenvalue weighted by Crippen LogP contribution is -2.15. The first kappa shape index (κ1) is 20.2. The smallest absolute Gasteiger partial charge is 0.234 e. The quantitative estimate of drug-likeness (QED) is 0.598. The second kappa shape index (κ2) is 8.22. The standard InChI is InChI=1S/C21H26N4O2S/c1-6-25-19(17-11-12-27-14(17)2)23-24-20(25)28-13-18(26)22-16-9-7-15(8-10-16)21(3,4)5/h7-12H,6,13H2,1-5H3,(H,22,26). The lowest BCUT2D eigenvalue weighted by molar-refractivity contribution is -0.113. The van der Waals surface area contributed by atoms with Crippen molar-refractivity contribution in [3.8, 4) is 11.4 Å². The van der Waals surface area contributed by atoms with E-state index in [1.54, 1.807) is 6.26 Å². The van der Waals surface area contributed by atoms with Gasteiger partial charge in [-0.05, 0) is 43.0 Å². The van der Waals surface area contributed by atoms with Gasteiger partial charge in [0.25, 0.3) is 0 Å². The van der Waals surface area contributed by atoms with E-state index >= 15 is 0 Å². The Bertz CT molecular complexity index is 952. The van der Waals surface area contributed by atoms with Gasteiger partial charge in [0.15, 0.2) is 11.0 Å². The van der Waals surface area contributed by atoms with Crippen molar-refractivity contribution >= 4 is 23.4 Å². The molecule has 2 aromatic heterocycles. The molecule has 1 amide bonds. The Kier molecular flexibility index (Phi) is 5.93. The molecule has 0 unspecified atom stereocenters. The molecule has 7 heteroatoms. The molecule has 148 valence electrons. The molecule has 3 rings (SSSR count). The summed E-state index contributed by atoms with van der Waals surface area (Å²) in [6, 6.07) is 9.87. The summed E-state index contributed by atoms with van der Waals surface area (Å²) in [6.45, 7) is 11.1. The third-order valence-electron chi connectivity index (χ3n) is 4.50. The average molecular weight is 399 g/mol. The summed E-state index contributed by atoms with van der Waals surface area (Å²) in [4.78, 5) is 12.4. The van der Waals surface area contributed by atoms with E-state index in [0.717, 1.165) is 28.0 Å². The first-order chi connectivity index (χ1) is 13.3. The normalized spacial score (nSPS) is 11.6.